The van der Waals surface area contributed by atoms with E-state index in [4.69, 9.17) is 9.53 Å². The molecule has 0 bridgehead atoms. The minimum absolute atomic E-state index is 0.000796. The summed E-state index contributed by atoms with van der Waals surface area (Å²) in [7, 11) is -1.66. The minimum Gasteiger partial charge on any atom is -0.414 e. The molecule has 1 fully saturated rings. The van der Waals surface area contributed by atoms with Gasteiger partial charge in [0.2, 0.25) is 0 Å². The van der Waals surface area contributed by atoms with Crippen molar-refractivity contribution in [2.45, 2.75) is 85.5 Å². The number of carbonyl (C=O) groups is 1. The van der Waals surface area contributed by atoms with Gasteiger partial charge in [0.1, 0.15) is 0 Å². The Balaban J connectivity index is 2.97. The first-order valence-corrected chi connectivity index (χ1v) is 12.3. The lowest BCUT2D eigenvalue weighted by atomic mass is 9.66. The third kappa shape index (κ3) is 4.93. The molecule has 3 nitrogen and oxygen atoms in total. The largest absolute Gasteiger partial charge is 0.414 e. The van der Waals surface area contributed by atoms with Gasteiger partial charge in [0.15, 0.2) is 14.1 Å². The summed E-state index contributed by atoms with van der Waals surface area (Å²) in [4.78, 5) is 13.0. The molecular weight excluding hydrogens is 328 g/mol. The number of allylic oxidation sites excluding steroid dienone is 3. The first-order chi connectivity index (χ1) is 11.6. The second kappa shape index (κ2) is 8.78. The van der Waals surface area contributed by atoms with Crippen LogP contribution in [0.5, 0.6) is 0 Å². The highest BCUT2D eigenvalue weighted by atomic mass is 28.4. The zero-order valence-electron chi connectivity index (χ0n) is 17.3. The number of aliphatic hydroxyl groups is 1. The third-order valence-electron chi connectivity index (χ3n) is 6.67. The van der Waals surface area contributed by atoms with Crippen LogP contribution in [-0.2, 0) is 9.22 Å². The average Bonchev–Trinajstić information content (AvgIpc) is 2.80. The molecule has 1 rings (SSSR count). The van der Waals surface area contributed by atoms with Gasteiger partial charge in [-0.3, -0.25) is 4.79 Å². The Kier molecular flexibility index (Phi) is 7.85. The standard InChI is InChI=1S/C21H38O3Si/c1-8-25(9-2,10-3)24-18-15-20(5,6)21(7,16-18)19(23)12-11-17(4)13-14-22/h11-13,18,22H,8-10,14-16H2,1-7H3/b12-11+,17-13+/t18-,21-/m0/s1. The molecule has 0 aliphatic heterocycles. The highest BCUT2D eigenvalue weighted by Crippen LogP contribution is 2.54. The number of aliphatic hydroxyl groups excluding tert-OH is 1. The summed E-state index contributed by atoms with van der Waals surface area (Å²) in [6.07, 6.45) is 7.16. The lowest BCUT2D eigenvalue weighted by molar-refractivity contribution is -0.127. The SMILES string of the molecule is CC[Si](CC)(CC)O[C@H]1CC(C)(C)[C@](C)(C(=O)/C=C/C(C)=C/CO)C1. The monoisotopic (exact) mass is 366 g/mol. The maximum absolute atomic E-state index is 13.0. The van der Waals surface area contributed by atoms with E-state index < -0.39 is 13.7 Å². The van der Waals surface area contributed by atoms with Crippen LogP contribution < -0.4 is 0 Å². The van der Waals surface area contributed by atoms with Crippen molar-refractivity contribution < 1.29 is 14.3 Å². The normalized spacial score (nSPS) is 27.2. The van der Waals surface area contributed by atoms with Gasteiger partial charge in [-0.25, -0.2) is 0 Å². The third-order valence-corrected chi connectivity index (χ3v) is 11.4. The first kappa shape index (κ1) is 22.3. The maximum Gasteiger partial charge on any atom is 0.192 e. The number of carbonyl (C=O) groups excluding carboxylic acids is 1. The van der Waals surface area contributed by atoms with E-state index in [9.17, 15) is 4.79 Å². The van der Waals surface area contributed by atoms with Crippen LogP contribution in [0.2, 0.25) is 18.1 Å². The molecular formula is C21H38O3Si. The highest BCUT2D eigenvalue weighted by Gasteiger charge is 2.54. The summed E-state index contributed by atoms with van der Waals surface area (Å²) in [5, 5.41) is 8.95. The molecule has 1 aliphatic carbocycles. The van der Waals surface area contributed by atoms with Gasteiger partial charge < -0.3 is 9.53 Å². The van der Waals surface area contributed by atoms with E-state index in [-0.39, 0.29) is 23.9 Å². The van der Waals surface area contributed by atoms with E-state index >= 15 is 0 Å². The van der Waals surface area contributed by atoms with E-state index in [1.165, 1.54) is 0 Å². The van der Waals surface area contributed by atoms with Crippen molar-refractivity contribution in [3.8, 4) is 0 Å². The fourth-order valence-electron chi connectivity index (χ4n) is 4.07. The predicted molar refractivity (Wildman–Crippen MR) is 108 cm³/mol. The molecule has 1 N–H and O–H groups in total. The molecule has 0 aromatic heterocycles. The van der Waals surface area contributed by atoms with Crippen LogP contribution in [0.15, 0.2) is 23.8 Å². The van der Waals surface area contributed by atoms with Crippen molar-refractivity contribution in [2.75, 3.05) is 6.61 Å². The van der Waals surface area contributed by atoms with Crippen molar-refractivity contribution in [1.29, 1.82) is 0 Å². The van der Waals surface area contributed by atoms with Crippen LogP contribution in [0.1, 0.15) is 61.3 Å². The van der Waals surface area contributed by atoms with Crippen LogP contribution >= 0.6 is 0 Å². The molecule has 0 aromatic carbocycles. The van der Waals surface area contributed by atoms with Crippen LogP contribution in [0.3, 0.4) is 0 Å². The lowest BCUT2D eigenvalue weighted by Gasteiger charge is -2.35. The van der Waals surface area contributed by atoms with E-state index in [0.717, 1.165) is 36.5 Å². The Labute approximate surface area is 155 Å². The highest BCUT2D eigenvalue weighted by molar-refractivity contribution is 6.73. The minimum atomic E-state index is -1.66. The molecule has 144 valence electrons. The van der Waals surface area contributed by atoms with Gasteiger partial charge in [0.05, 0.1) is 6.61 Å². The topological polar surface area (TPSA) is 46.5 Å². The molecule has 4 heteroatoms. The molecule has 25 heavy (non-hydrogen) atoms. The van der Waals surface area contributed by atoms with E-state index in [2.05, 4.69) is 41.5 Å². The van der Waals surface area contributed by atoms with Crippen LogP contribution in [-0.4, -0.2) is 31.9 Å². The number of hydrogen-bond acceptors (Lipinski definition) is 3. The van der Waals surface area contributed by atoms with Crippen molar-refractivity contribution in [2.24, 2.45) is 10.8 Å². The summed E-state index contributed by atoms with van der Waals surface area (Å²) in [5.41, 5.74) is 0.434. The van der Waals surface area contributed by atoms with E-state index in [1.807, 2.05) is 13.0 Å². The van der Waals surface area contributed by atoms with Gasteiger partial charge in [-0.2, -0.15) is 0 Å². The Bertz CT molecular complexity index is 509. The van der Waals surface area contributed by atoms with Gasteiger partial charge in [-0.05, 0) is 49.4 Å². The smallest absolute Gasteiger partial charge is 0.192 e. The van der Waals surface area contributed by atoms with Gasteiger partial charge in [-0.15, -0.1) is 0 Å². The van der Waals surface area contributed by atoms with Gasteiger partial charge in [-0.1, -0.05) is 59.3 Å². The predicted octanol–water partition coefficient (Wildman–Crippen LogP) is 5.27. The molecule has 0 aromatic rings. The zero-order chi connectivity index (χ0) is 19.3. The quantitative estimate of drug-likeness (QED) is 0.344. The van der Waals surface area contributed by atoms with E-state index in [0.29, 0.717) is 0 Å². The molecule has 0 radical (unpaired) electrons. The molecule has 0 unspecified atom stereocenters. The summed E-state index contributed by atoms with van der Waals surface area (Å²) >= 11 is 0. The lowest BCUT2D eigenvalue weighted by Crippen LogP contribution is -2.39. The van der Waals surface area contributed by atoms with Crippen LogP contribution in [0.25, 0.3) is 0 Å². The second-order valence-electron chi connectivity index (χ2n) is 8.44. The number of ketones is 1. The maximum atomic E-state index is 13.0. The molecule has 1 saturated carbocycles. The summed E-state index contributed by atoms with van der Waals surface area (Å²) in [5.74, 6) is 0.172. The van der Waals surface area contributed by atoms with Gasteiger partial charge >= 0.3 is 0 Å². The Morgan fingerprint density at radius 3 is 2.16 bits per heavy atom. The molecule has 1 aliphatic rings. The fraction of sp³-hybridized carbons (Fsp3) is 0.762. The number of rotatable bonds is 9. The van der Waals surface area contributed by atoms with Crippen LogP contribution in [0.4, 0.5) is 0 Å². The van der Waals surface area contributed by atoms with Crippen molar-refractivity contribution >= 4 is 14.1 Å². The second-order valence-corrected chi connectivity index (χ2v) is 13.2. The van der Waals surface area contributed by atoms with Crippen molar-refractivity contribution in [3.63, 3.8) is 0 Å². The van der Waals surface area contributed by atoms with Gasteiger partial charge in [0, 0.05) is 11.5 Å². The van der Waals surface area contributed by atoms with E-state index in [1.54, 1.807) is 12.2 Å². The molecule has 0 spiro atoms. The van der Waals surface area contributed by atoms with Crippen molar-refractivity contribution in [1.82, 2.24) is 0 Å². The average molecular weight is 367 g/mol. The fourth-order valence-corrected chi connectivity index (χ4v) is 6.95. The summed E-state index contributed by atoms with van der Waals surface area (Å²) in [6.45, 7) is 15.2. The van der Waals surface area contributed by atoms with Crippen LogP contribution in [0, 0.1) is 10.8 Å². The molecule has 0 amide bonds. The first-order valence-electron chi connectivity index (χ1n) is 9.77. The Morgan fingerprint density at radius 2 is 1.68 bits per heavy atom. The van der Waals surface area contributed by atoms with Gasteiger partial charge in [0.25, 0.3) is 0 Å². The zero-order valence-corrected chi connectivity index (χ0v) is 18.3. The number of hydrogen-bond donors (Lipinski definition) is 1. The molecule has 2 atom stereocenters. The van der Waals surface area contributed by atoms with Crippen molar-refractivity contribution in [3.05, 3.63) is 23.8 Å². The summed E-state index contributed by atoms with van der Waals surface area (Å²) < 4.78 is 6.71. The summed E-state index contributed by atoms with van der Waals surface area (Å²) in [6, 6.07) is 3.44. The Morgan fingerprint density at radius 1 is 1.12 bits per heavy atom. The molecule has 0 saturated heterocycles. The Hall–Kier alpha value is -0.713. The molecule has 0 heterocycles.